The van der Waals surface area contributed by atoms with Crippen LogP contribution in [0, 0.1) is 4.64 Å². The molecule has 0 spiro atoms. The van der Waals surface area contributed by atoms with Crippen LogP contribution in [0.15, 0.2) is 4.47 Å². The molecule has 5 heteroatoms. The van der Waals surface area contributed by atoms with Crippen LogP contribution in [-0.2, 0) is 11.2 Å². The zero-order valence-electron chi connectivity index (χ0n) is 9.96. The number of hydrogen-bond donors (Lipinski definition) is 1. The molecule has 2 heterocycles. The molecule has 1 saturated heterocycles. The second-order valence-corrected chi connectivity index (χ2v) is 5.54. The van der Waals surface area contributed by atoms with Crippen LogP contribution in [0.5, 0.6) is 0 Å². The molecule has 17 heavy (non-hydrogen) atoms. The molecule has 1 aromatic heterocycles. The molecule has 1 aromatic rings. The Labute approximate surface area is 115 Å². The fourth-order valence-electron chi connectivity index (χ4n) is 2.11. The first-order valence-corrected chi connectivity index (χ1v) is 7.28. The van der Waals surface area contributed by atoms with Gasteiger partial charge in [-0.2, -0.15) is 0 Å². The van der Waals surface area contributed by atoms with Gasteiger partial charge in [-0.05, 0) is 35.2 Å². The molecule has 0 atom stereocenters. The molecular formula is C12H17BrN2OS. The van der Waals surface area contributed by atoms with E-state index in [-0.39, 0.29) is 0 Å². The van der Waals surface area contributed by atoms with Crippen molar-refractivity contribution in [3.63, 3.8) is 0 Å². The highest BCUT2D eigenvalue weighted by Gasteiger charge is 2.19. The van der Waals surface area contributed by atoms with Gasteiger partial charge in [0.1, 0.15) is 10.5 Å². The average molecular weight is 317 g/mol. The largest absolute Gasteiger partial charge is 0.381 e. The third-order valence-corrected chi connectivity index (χ3v) is 4.47. The minimum atomic E-state index is 0.467. The molecule has 3 nitrogen and oxygen atoms in total. The molecule has 94 valence electrons. The number of nitrogens with zero attached hydrogens (tertiary/aromatic N) is 1. The summed E-state index contributed by atoms with van der Waals surface area (Å²) in [5, 5.41) is 0. The molecule has 0 unspecified atom stereocenters. The highest BCUT2D eigenvalue weighted by molar-refractivity contribution is 9.10. The summed E-state index contributed by atoms with van der Waals surface area (Å²) in [6.45, 7) is 3.82. The van der Waals surface area contributed by atoms with Gasteiger partial charge in [0, 0.05) is 24.8 Å². The zero-order chi connectivity index (χ0) is 12.3. The first kappa shape index (κ1) is 13.2. The number of aryl methyl sites for hydroxylation is 1. The lowest BCUT2D eigenvalue weighted by Crippen LogP contribution is -2.17. The Balaban J connectivity index is 2.30. The maximum absolute atomic E-state index is 5.38. The highest BCUT2D eigenvalue weighted by atomic mass is 79.9. The molecule has 1 fully saturated rings. The summed E-state index contributed by atoms with van der Waals surface area (Å²) < 4.78 is 7.00. The van der Waals surface area contributed by atoms with Crippen molar-refractivity contribution in [1.29, 1.82) is 0 Å². The number of nitrogens with one attached hydrogen (secondary N) is 1. The zero-order valence-corrected chi connectivity index (χ0v) is 12.4. The van der Waals surface area contributed by atoms with Crippen LogP contribution < -0.4 is 0 Å². The smallest absolute Gasteiger partial charge is 0.144 e. The molecule has 1 N–H and O–H groups in total. The van der Waals surface area contributed by atoms with Crippen molar-refractivity contribution in [1.82, 2.24) is 9.97 Å². The minimum absolute atomic E-state index is 0.467. The predicted molar refractivity (Wildman–Crippen MR) is 73.9 cm³/mol. The van der Waals surface area contributed by atoms with E-state index < -0.39 is 0 Å². The summed E-state index contributed by atoms with van der Waals surface area (Å²) in [5.74, 6) is 1.50. The molecule has 0 amide bonds. The van der Waals surface area contributed by atoms with Crippen LogP contribution in [0.25, 0.3) is 0 Å². The maximum atomic E-state index is 5.38. The highest BCUT2D eigenvalue weighted by Crippen LogP contribution is 2.26. The monoisotopic (exact) mass is 316 g/mol. The Bertz CT molecular complexity index is 441. The van der Waals surface area contributed by atoms with Crippen molar-refractivity contribution >= 4 is 28.1 Å². The molecule has 2 rings (SSSR count). The number of ether oxygens (including phenoxy) is 1. The van der Waals surface area contributed by atoms with Gasteiger partial charge in [0.25, 0.3) is 0 Å². The Morgan fingerprint density at radius 3 is 2.82 bits per heavy atom. The molecule has 0 saturated carbocycles. The summed E-state index contributed by atoms with van der Waals surface area (Å²) in [6, 6.07) is 0. The number of halogens is 1. The Hall–Kier alpha value is -0.260. The van der Waals surface area contributed by atoms with Crippen LogP contribution in [0.1, 0.15) is 43.6 Å². The third-order valence-electron chi connectivity index (χ3n) is 3.06. The third kappa shape index (κ3) is 3.14. The van der Waals surface area contributed by atoms with E-state index in [0.29, 0.717) is 10.6 Å². The Morgan fingerprint density at radius 2 is 2.18 bits per heavy atom. The summed E-state index contributed by atoms with van der Waals surface area (Å²) >= 11 is 8.82. The van der Waals surface area contributed by atoms with E-state index >= 15 is 0 Å². The summed E-state index contributed by atoms with van der Waals surface area (Å²) in [7, 11) is 0. The Kier molecular flexibility index (Phi) is 4.70. The van der Waals surface area contributed by atoms with E-state index in [1.807, 2.05) is 0 Å². The van der Waals surface area contributed by atoms with E-state index in [0.717, 1.165) is 49.2 Å². The van der Waals surface area contributed by atoms with Crippen LogP contribution >= 0.6 is 28.1 Å². The summed E-state index contributed by atoms with van der Waals surface area (Å²) in [5.41, 5.74) is 1.17. The minimum Gasteiger partial charge on any atom is -0.381 e. The van der Waals surface area contributed by atoms with E-state index in [4.69, 9.17) is 17.0 Å². The van der Waals surface area contributed by atoms with Crippen LogP contribution in [0.3, 0.4) is 0 Å². The van der Waals surface area contributed by atoms with Crippen molar-refractivity contribution in [2.75, 3.05) is 13.2 Å². The van der Waals surface area contributed by atoms with Crippen LogP contribution in [0.4, 0.5) is 0 Å². The average Bonchev–Trinajstić information content (AvgIpc) is 2.36. The van der Waals surface area contributed by atoms with Gasteiger partial charge in [0.15, 0.2) is 0 Å². The van der Waals surface area contributed by atoms with Gasteiger partial charge in [0.05, 0.1) is 4.47 Å². The Morgan fingerprint density at radius 1 is 1.47 bits per heavy atom. The lowest BCUT2D eigenvalue weighted by atomic mass is 9.99. The fraction of sp³-hybridized carbons (Fsp3) is 0.667. The van der Waals surface area contributed by atoms with Gasteiger partial charge in [-0.1, -0.05) is 25.6 Å². The number of aromatic nitrogens is 2. The number of H-pyrrole nitrogens is 1. The lowest BCUT2D eigenvalue weighted by Gasteiger charge is -2.22. The van der Waals surface area contributed by atoms with Gasteiger partial charge < -0.3 is 9.72 Å². The molecule has 0 bridgehead atoms. The molecule has 0 aromatic carbocycles. The fourth-order valence-corrected chi connectivity index (χ4v) is 2.72. The normalized spacial score (nSPS) is 17.3. The van der Waals surface area contributed by atoms with E-state index in [9.17, 15) is 0 Å². The predicted octanol–water partition coefficient (Wildman–Crippen LogP) is 3.75. The maximum Gasteiger partial charge on any atom is 0.144 e. The van der Waals surface area contributed by atoms with E-state index in [1.165, 1.54) is 5.69 Å². The molecule has 0 aliphatic carbocycles. The van der Waals surface area contributed by atoms with E-state index in [1.54, 1.807) is 0 Å². The van der Waals surface area contributed by atoms with Gasteiger partial charge in [-0.25, -0.2) is 4.98 Å². The van der Waals surface area contributed by atoms with Crippen molar-refractivity contribution < 1.29 is 4.74 Å². The first-order valence-electron chi connectivity index (χ1n) is 6.08. The number of rotatable bonds is 3. The molecule has 1 aliphatic rings. The van der Waals surface area contributed by atoms with Gasteiger partial charge in [-0.3, -0.25) is 0 Å². The van der Waals surface area contributed by atoms with Gasteiger partial charge in [-0.15, -0.1) is 0 Å². The van der Waals surface area contributed by atoms with Crippen molar-refractivity contribution in [3.8, 4) is 0 Å². The molecule has 1 aliphatic heterocycles. The second kappa shape index (κ2) is 6.07. The van der Waals surface area contributed by atoms with Crippen LogP contribution in [0.2, 0.25) is 0 Å². The van der Waals surface area contributed by atoms with Crippen molar-refractivity contribution in [3.05, 3.63) is 20.6 Å². The lowest BCUT2D eigenvalue weighted by molar-refractivity contribution is 0.0835. The van der Waals surface area contributed by atoms with Crippen molar-refractivity contribution in [2.45, 2.75) is 38.5 Å². The van der Waals surface area contributed by atoms with Gasteiger partial charge >= 0.3 is 0 Å². The molecular weight excluding hydrogens is 300 g/mol. The van der Waals surface area contributed by atoms with Gasteiger partial charge in [0.2, 0.25) is 0 Å². The first-order chi connectivity index (χ1) is 8.22. The summed E-state index contributed by atoms with van der Waals surface area (Å²) in [4.78, 5) is 7.94. The van der Waals surface area contributed by atoms with Crippen molar-refractivity contribution in [2.24, 2.45) is 0 Å². The molecule has 0 radical (unpaired) electrons. The number of aromatic amines is 1. The SMILES string of the molecule is CCCc1[nH]c(C2CCOCC2)nc(=S)c1Br. The van der Waals surface area contributed by atoms with Crippen LogP contribution in [-0.4, -0.2) is 23.2 Å². The quantitative estimate of drug-likeness (QED) is 0.863. The number of hydrogen-bond acceptors (Lipinski definition) is 3. The second-order valence-electron chi connectivity index (χ2n) is 4.36. The van der Waals surface area contributed by atoms with E-state index in [2.05, 4.69) is 32.8 Å². The standard InChI is InChI=1S/C12H17BrN2OS/c1-2-3-9-10(13)12(17)15-11(14-9)8-4-6-16-7-5-8/h8H,2-7H2,1H3,(H,14,15,17). The topological polar surface area (TPSA) is 37.9 Å². The summed E-state index contributed by atoms with van der Waals surface area (Å²) in [6.07, 6.45) is 4.17.